The Balaban J connectivity index is 1.47. The fraction of sp³-hybridized carbons (Fsp3) is 0.368. The predicted molar refractivity (Wildman–Crippen MR) is 97.8 cm³/mol. The van der Waals surface area contributed by atoms with Crippen molar-refractivity contribution in [3.05, 3.63) is 65.2 Å². The van der Waals surface area contributed by atoms with Crippen molar-refractivity contribution in [3.8, 4) is 0 Å². The minimum Gasteiger partial charge on any atom is -0.312 e. The second-order valence-corrected chi connectivity index (χ2v) is 8.92. The van der Waals surface area contributed by atoms with E-state index >= 15 is 0 Å². The molecule has 0 spiro atoms. The van der Waals surface area contributed by atoms with Crippen LogP contribution < -0.4 is 10.6 Å². The molecule has 2 unspecified atom stereocenters. The molecule has 0 radical (unpaired) electrons. The van der Waals surface area contributed by atoms with E-state index in [2.05, 4.69) is 39.8 Å². The molecule has 2 N–H and O–H groups in total. The lowest BCUT2D eigenvalue weighted by Crippen LogP contribution is -2.56. The van der Waals surface area contributed by atoms with Crippen LogP contribution in [0.5, 0.6) is 0 Å². The Morgan fingerprint density at radius 1 is 0.960 bits per heavy atom. The van der Waals surface area contributed by atoms with Gasteiger partial charge in [0.25, 0.3) is 0 Å². The summed E-state index contributed by atoms with van der Waals surface area (Å²) in [6, 6.07) is 16.0. The van der Waals surface area contributed by atoms with Crippen LogP contribution in [-0.4, -0.2) is 38.8 Å². The van der Waals surface area contributed by atoms with Crippen molar-refractivity contribution in [1.29, 1.82) is 0 Å². The number of nitrogens with one attached hydrogen (secondary N) is 2. The Morgan fingerprint density at radius 3 is 2.20 bits per heavy atom. The fourth-order valence-electron chi connectivity index (χ4n) is 3.69. The first-order valence-corrected chi connectivity index (χ1v) is 10.5. The first-order valence-electron chi connectivity index (χ1n) is 8.58. The van der Waals surface area contributed by atoms with E-state index in [1.165, 1.54) is 17.4 Å². The van der Waals surface area contributed by atoms with Crippen LogP contribution in [0.25, 0.3) is 0 Å². The Labute approximate surface area is 149 Å². The molecule has 0 aliphatic carbocycles. The maximum atomic E-state index is 11.6. The van der Waals surface area contributed by atoms with E-state index in [0.717, 1.165) is 31.7 Å². The lowest BCUT2D eigenvalue weighted by Gasteiger charge is -2.37. The van der Waals surface area contributed by atoms with Crippen LogP contribution in [0.4, 0.5) is 0 Å². The number of benzene rings is 2. The van der Waals surface area contributed by atoms with Crippen LogP contribution in [0.1, 0.15) is 22.7 Å². The molecule has 0 amide bonds. The van der Waals surface area contributed by atoms with Gasteiger partial charge >= 0.3 is 0 Å². The van der Waals surface area contributed by atoms with Gasteiger partial charge in [-0.25, -0.2) is 8.42 Å². The maximum absolute atomic E-state index is 11.6. The van der Waals surface area contributed by atoms with Gasteiger partial charge in [0.2, 0.25) is 0 Å². The number of piperazine rings is 1. The minimum atomic E-state index is -3.15. The van der Waals surface area contributed by atoms with Gasteiger partial charge in [0.05, 0.1) is 11.1 Å². The normalized spacial score (nSPS) is 24.2. The Bertz CT molecular complexity index is 839. The topological polar surface area (TPSA) is 61.4 Å². The van der Waals surface area contributed by atoms with E-state index < -0.39 is 9.84 Å². The molecule has 1 saturated heterocycles. The van der Waals surface area contributed by atoms with Gasteiger partial charge in [0, 0.05) is 38.5 Å². The summed E-state index contributed by atoms with van der Waals surface area (Å²) in [5, 5.41) is 7.23. The van der Waals surface area contributed by atoms with Crippen molar-refractivity contribution < 1.29 is 8.42 Å². The van der Waals surface area contributed by atoms with Gasteiger partial charge in [0.1, 0.15) is 0 Å². The Morgan fingerprint density at radius 2 is 1.60 bits per heavy atom. The van der Waals surface area contributed by atoms with Crippen LogP contribution in [0.2, 0.25) is 0 Å². The molecule has 132 valence electrons. The zero-order chi connectivity index (χ0) is 17.4. The van der Waals surface area contributed by atoms with Crippen LogP contribution in [0.15, 0.2) is 53.4 Å². The molecular weight excluding hydrogens is 334 g/mol. The minimum absolute atomic E-state index is 0.177. The first kappa shape index (κ1) is 16.7. The van der Waals surface area contributed by atoms with Gasteiger partial charge in [-0.15, -0.1) is 0 Å². The molecule has 2 heterocycles. The third-order valence-electron chi connectivity index (χ3n) is 5.10. The SMILES string of the molecule is CS(=O)(=O)c1ccc(C2CNCC(N3Cc4ccccc4C3)N2)cc1. The van der Waals surface area contributed by atoms with Crippen LogP contribution in [0.3, 0.4) is 0 Å². The smallest absolute Gasteiger partial charge is 0.175 e. The number of nitrogens with zero attached hydrogens (tertiary/aromatic N) is 1. The van der Waals surface area contributed by atoms with E-state index in [-0.39, 0.29) is 12.2 Å². The van der Waals surface area contributed by atoms with E-state index in [0.29, 0.717) is 4.90 Å². The van der Waals surface area contributed by atoms with Gasteiger partial charge in [-0.05, 0) is 28.8 Å². The van der Waals surface area contributed by atoms with Crippen molar-refractivity contribution in [3.63, 3.8) is 0 Å². The molecule has 2 aromatic rings. The summed E-state index contributed by atoms with van der Waals surface area (Å²) < 4.78 is 23.2. The molecule has 2 aliphatic rings. The second-order valence-electron chi connectivity index (χ2n) is 6.91. The maximum Gasteiger partial charge on any atom is 0.175 e. The van der Waals surface area contributed by atoms with E-state index in [4.69, 9.17) is 0 Å². The van der Waals surface area contributed by atoms with Crippen molar-refractivity contribution in [1.82, 2.24) is 15.5 Å². The van der Waals surface area contributed by atoms with Crippen molar-refractivity contribution >= 4 is 9.84 Å². The number of fused-ring (bicyclic) bond motifs is 1. The largest absolute Gasteiger partial charge is 0.312 e. The highest BCUT2D eigenvalue weighted by Crippen LogP contribution is 2.26. The number of hydrogen-bond donors (Lipinski definition) is 2. The highest BCUT2D eigenvalue weighted by molar-refractivity contribution is 7.90. The molecule has 1 fully saturated rings. The average Bonchev–Trinajstić information content (AvgIpc) is 3.05. The molecule has 2 aliphatic heterocycles. The summed E-state index contributed by atoms with van der Waals surface area (Å²) in [7, 11) is -3.15. The zero-order valence-corrected chi connectivity index (χ0v) is 15.1. The van der Waals surface area contributed by atoms with Crippen LogP contribution >= 0.6 is 0 Å². The highest BCUT2D eigenvalue weighted by atomic mass is 32.2. The molecule has 5 nitrogen and oxygen atoms in total. The molecule has 0 saturated carbocycles. The molecule has 4 rings (SSSR count). The monoisotopic (exact) mass is 357 g/mol. The number of rotatable bonds is 3. The molecule has 6 heteroatoms. The van der Waals surface area contributed by atoms with Crippen molar-refractivity contribution in [2.75, 3.05) is 19.3 Å². The lowest BCUT2D eigenvalue weighted by atomic mass is 10.0. The van der Waals surface area contributed by atoms with Gasteiger partial charge in [-0.1, -0.05) is 36.4 Å². The molecule has 2 atom stereocenters. The zero-order valence-electron chi connectivity index (χ0n) is 14.3. The Kier molecular flexibility index (Phi) is 4.37. The fourth-order valence-corrected chi connectivity index (χ4v) is 4.32. The summed E-state index contributed by atoms with van der Waals surface area (Å²) in [4.78, 5) is 2.82. The average molecular weight is 357 g/mol. The summed E-state index contributed by atoms with van der Waals surface area (Å²) >= 11 is 0. The standard InChI is InChI=1S/C19H23N3O2S/c1-25(23,24)17-8-6-14(7-9-17)18-10-20-11-19(21-18)22-12-15-4-2-3-5-16(15)13-22/h2-9,18-21H,10-13H2,1H3. The molecule has 2 aromatic carbocycles. The van der Waals surface area contributed by atoms with E-state index in [1.807, 2.05) is 12.1 Å². The second kappa shape index (κ2) is 6.53. The molecule has 25 heavy (non-hydrogen) atoms. The molecular formula is C19H23N3O2S. The van der Waals surface area contributed by atoms with Gasteiger partial charge in [0.15, 0.2) is 9.84 Å². The number of hydrogen-bond acceptors (Lipinski definition) is 5. The van der Waals surface area contributed by atoms with E-state index in [1.54, 1.807) is 12.1 Å². The van der Waals surface area contributed by atoms with E-state index in [9.17, 15) is 8.42 Å². The number of sulfone groups is 1. The van der Waals surface area contributed by atoms with Crippen molar-refractivity contribution in [2.24, 2.45) is 0 Å². The van der Waals surface area contributed by atoms with Gasteiger partial charge in [-0.3, -0.25) is 10.2 Å². The van der Waals surface area contributed by atoms with Crippen LogP contribution in [-0.2, 0) is 22.9 Å². The van der Waals surface area contributed by atoms with Gasteiger partial charge in [-0.2, -0.15) is 0 Å². The molecule has 0 aromatic heterocycles. The van der Waals surface area contributed by atoms with Crippen LogP contribution in [0, 0.1) is 0 Å². The predicted octanol–water partition coefficient (Wildman–Crippen LogP) is 1.67. The highest BCUT2D eigenvalue weighted by Gasteiger charge is 2.30. The Hall–Kier alpha value is -1.73. The van der Waals surface area contributed by atoms with Crippen molar-refractivity contribution in [2.45, 2.75) is 30.2 Å². The lowest BCUT2D eigenvalue weighted by molar-refractivity contribution is 0.127. The molecule has 0 bridgehead atoms. The quantitative estimate of drug-likeness (QED) is 0.875. The third kappa shape index (κ3) is 3.48. The first-order chi connectivity index (χ1) is 12.0. The third-order valence-corrected chi connectivity index (χ3v) is 6.22. The summed E-state index contributed by atoms with van der Waals surface area (Å²) in [5.74, 6) is 0. The summed E-state index contributed by atoms with van der Waals surface area (Å²) in [6.45, 7) is 3.69. The van der Waals surface area contributed by atoms with Gasteiger partial charge < -0.3 is 5.32 Å². The summed E-state index contributed by atoms with van der Waals surface area (Å²) in [6.07, 6.45) is 1.50. The summed E-state index contributed by atoms with van der Waals surface area (Å²) in [5.41, 5.74) is 3.93.